The van der Waals surface area contributed by atoms with Crippen molar-refractivity contribution in [3.63, 3.8) is 0 Å². The third-order valence-electron chi connectivity index (χ3n) is 3.58. The first-order valence-corrected chi connectivity index (χ1v) is 7.79. The second kappa shape index (κ2) is 8.73. The smallest absolute Gasteiger partial charge is 0.337 e. The van der Waals surface area contributed by atoms with Crippen LogP contribution in [0.1, 0.15) is 22.8 Å². The van der Waals surface area contributed by atoms with E-state index >= 15 is 0 Å². The summed E-state index contributed by atoms with van der Waals surface area (Å²) in [5, 5.41) is 2.80. The summed E-state index contributed by atoms with van der Waals surface area (Å²) < 4.78 is 15.3. The SMILES string of the molecule is COC(=O)c1ccc(CNC(=O)C(C)Oc2ccc(OC)cc2)cc1. The number of carbonyl (C=O) groups excluding carboxylic acids is 2. The van der Waals surface area contributed by atoms with Crippen LogP contribution in [-0.2, 0) is 16.1 Å². The van der Waals surface area contributed by atoms with Crippen LogP contribution in [0.2, 0.25) is 0 Å². The number of esters is 1. The molecular formula is C19H21NO5. The van der Waals surface area contributed by atoms with Gasteiger partial charge in [-0.15, -0.1) is 0 Å². The van der Waals surface area contributed by atoms with Gasteiger partial charge in [0, 0.05) is 6.54 Å². The standard InChI is InChI=1S/C19H21NO5/c1-13(25-17-10-8-16(23-2)9-11-17)18(21)20-12-14-4-6-15(7-5-14)19(22)24-3/h4-11,13H,12H2,1-3H3,(H,20,21). The van der Waals surface area contributed by atoms with E-state index in [1.54, 1.807) is 62.6 Å². The average Bonchev–Trinajstić information content (AvgIpc) is 2.66. The lowest BCUT2D eigenvalue weighted by molar-refractivity contribution is -0.127. The van der Waals surface area contributed by atoms with E-state index in [4.69, 9.17) is 9.47 Å². The molecule has 0 aliphatic carbocycles. The number of carbonyl (C=O) groups is 2. The monoisotopic (exact) mass is 343 g/mol. The minimum atomic E-state index is -0.636. The summed E-state index contributed by atoms with van der Waals surface area (Å²) in [6, 6.07) is 13.9. The molecule has 6 heteroatoms. The zero-order chi connectivity index (χ0) is 18.2. The zero-order valence-corrected chi connectivity index (χ0v) is 14.4. The lowest BCUT2D eigenvalue weighted by Gasteiger charge is -2.15. The molecular weight excluding hydrogens is 322 g/mol. The summed E-state index contributed by atoms with van der Waals surface area (Å²) in [7, 11) is 2.92. The highest BCUT2D eigenvalue weighted by atomic mass is 16.5. The maximum atomic E-state index is 12.1. The summed E-state index contributed by atoms with van der Waals surface area (Å²) >= 11 is 0. The van der Waals surface area contributed by atoms with Crippen molar-refractivity contribution >= 4 is 11.9 Å². The second-order valence-corrected chi connectivity index (χ2v) is 5.34. The van der Waals surface area contributed by atoms with Crippen LogP contribution in [0.4, 0.5) is 0 Å². The van der Waals surface area contributed by atoms with Gasteiger partial charge in [0.1, 0.15) is 11.5 Å². The Hall–Kier alpha value is -3.02. The lowest BCUT2D eigenvalue weighted by atomic mass is 10.1. The Morgan fingerprint density at radius 1 is 0.960 bits per heavy atom. The third kappa shape index (κ3) is 5.24. The van der Waals surface area contributed by atoms with Crippen molar-refractivity contribution in [2.24, 2.45) is 0 Å². The van der Waals surface area contributed by atoms with Crippen LogP contribution in [0, 0.1) is 0 Å². The highest BCUT2D eigenvalue weighted by Crippen LogP contribution is 2.18. The van der Waals surface area contributed by atoms with Crippen molar-refractivity contribution in [2.45, 2.75) is 19.6 Å². The van der Waals surface area contributed by atoms with Gasteiger partial charge in [-0.25, -0.2) is 4.79 Å². The van der Waals surface area contributed by atoms with Crippen LogP contribution in [0.15, 0.2) is 48.5 Å². The molecule has 25 heavy (non-hydrogen) atoms. The number of hydrogen-bond acceptors (Lipinski definition) is 5. The van der Waals surface area contributed by atoms with Gasteiger partial charge in [-0.3, -0.25) is 4.79 Å². The number of rotatable bonds is 7. The predicted octanol–water partition coefficient (Wildman–Crippen LogP) is 2.57. The average molecular weight is 343 g/mol. The molecule has 2 rings (SSSR count). The van der Waals surface area contributed by atoms with Crippen LogP contribution < -0.4 is 14.8 Å². The van der Waals surface area contributed by atoms with Crippen LogP contribution in [0.3, 0.4) is 0 Å². The number of nitrogens with one attached hydrogen (secondary N) is 1. The molecule has 0 saturated heterocycles. The molecule has 1 N–H and O–H groups in total. The topological polar surface area (TPSA) is 73.9 Å². The minimum Gasteiger partial charge on any atom is -0.497 e. The minimum absolute atomic E-state index is 0.229. The molecule has 0 fully saturated rings. The van der Waals surface area contributed by atoms with E-state index in [0.29, 0.717) is 17.9 Å². The van der Waals surface area contributed by atoms with Crippen molar-refractivity contribution in [1.29, 1.82) is 0 Å². The summed E-state index contributed by atoms with van der Waals surface area (Å²) in [5.74, 6) is 0.690. The predicted molar refractivity (Wildman–Crippen MR) is 92.7 cm³/mol. The fraction of sp³-hybridized carbons (Fsp3) is 0.263. The van der Waals surface area contributed by atoms with Gasteiger partial charge in [-0.05, 0) is 48.9 Å². The number of methoxy groups -OCH3 is 2. The summed E-state index contributed by atoms with van der Waals surface area (Å²) in [6.07, 6.45) is -0.636. The molecule has 0 heterocycles. The molecule has 132 valence electrons. The fourth-order valence-electron chi connectivity index (χ4n) is 2.12. The van der Waals surface area contributed by atoms with Crippen molar-refractivity contribution in [1.82, 2.24) is 5.32 Å². The van der Waals surface area contributed by atoms with Gasteiger partial charge in [0.25, 0.3) is 5.91 Å². The third-order valence-corrected chi connectivity index (χ3v) is 3.58. The van der Waals surface area contributed by atoms with E-state index in [2.05, 4.69) is 10.1 Å². The van der Waals surface area contributed by atoms with E-state index < -0.39 is 12.1 Å². The van der Waals surface area contributed by atoms with Gasteiger partial charge in [0.15, 0.2) is 6.10 Å². The van der Waals surface area contributed by atoms with E-state index in [1.807, 2.05) is 0 Å². The molecule has 1 unspecified atom stereocenters. The fourth-order valence-corrected chi connectivity index (χ4v) is 2.12. The van der Waals surface area contributed by atoms with E-state index in [-0.39, 0.29) is 5.91 Å². The number of amides is 1. The summed E-state index contributed by atoms with van der Waals surface area (Å²) in [4.78, 5) is 23.5. The quantitative estimate of drug-likeness (QED) is 0.782. The van der Waals surface area contributed by atoms with Gasteiger partial charge in [-0.1, -0.05) is 12.1 Å². The van der Waals surface area contributed by atoms with Crippen LogP contribution >= 0.6 is 0 Å². The molecule has 1 atom stereocenters. The molecule has 0 saturated carbocycles. The Balaban J connectivity index is 1.85. The van der Waals surface area contributed by atoms with Crippen molar-refractivity contribution < 1.29 is 23.8 Å². The molecule has 1 amide bonds. The van der Waals surface area contributed by atoms with Crippen molar-refractivity contribution in [2.75, 3.05) is 14.2 Å². The zero-order valence-electron chi connectivity index (χ0n) is 14.4. The number of hydrogen-bond donors (Lipinski definition) is 1. The Labute approximate surface area is 146 Å². The normalized spacial score (nSPS) is 11.3. The van der Waals surface area contributed by atoms with Gasteiger partial charge in [0.2, 0.25) is 0 Å². The Kier molecular flexibility index (Phi) is 6.39. The van der Waals surface area contributed by atoms with E-state index in [9.17, 15) is 9.59 Å². The molecule has 0 spiro atoms. The molecule has 0 aliphatic heterocycles. The van der Waals surface area contributed by atoms with Crippen molar-refractivity contribution in [3.8, 4) is 11.5 Å². The first-order valence-electron chi connectivity index (χ1n) is 7.79. The molecule has 2 aromatic carbocycles. The number of benzene rings is 2. The van der Waals surface area contributed by atoms with Gasteiger partial charge < -0.3 is 19.5 Å². The summed E-state index contributed by atoms with van der Waals surface area (Å²) in [5.41, 5.74) is 1.34. The number of ether oxygens (including phenoxy) is 3. The van der Waals surface area contributed by atoms with Crippen LogP contribution in [0.25, 0.3) is 0 Å². The molecule has 0 aromatic heterocycles. The second-order valence-electron chi connectivity index (χ2n) is 5.34. The molecule has 6 nitrogen and oxygen atoms in total. The Bertz CT molecular complexity index is 710. The lowest BCUT2D eigenvalue weighted by Crippen LogP contribution is -2.35. The first kappa shape index (κ1) is 18.3. The first-order chi connectivity index (χ1) is 12.0. The van der Waals surface area contributed by atoms with Gasteiger partial charge >= 0.3 is 5.97 Å². The molecule has 0 aliphatic rings. The van der Waals surface area contributed by atoms with Gasteiger partial charge in [-0.2, -0.15) is 0 Å². The Morgan fingerprint density at radius 2 is 1.56 bits per heavy atom. The highest BCUT2D eigenvalue weighted by molar-refractivity contribution is 5.89. The molecule has 0 radical (unpaired) electrons. The van der Waals surface area contributed by atoms with Crippen LogP contribution in [0.5, 0.6) is 11.5 Å². The molecule has 2 aromatic rings. The highest BCUT2D eigenvalue weighted by Gasteiger charge is 2.14. The maximum absolute atomic E-state index is 12.1. The van der Waals surface area contributed by atoms with E-state index in [1.165, 1.54) is 7.11 Å². The molecule has 0 bridgehead atoms. The summed E-state index contributed by atoms with van der Waals surface area (Å²) in [6.45, 7) is 2.02. The van der Waals surface area contributed by atoms with E-state index in [0.717, 1.165) is 11.3 Å². The van der Waals surface area contributed by atoms with Gasteiger partial charge in [0.05, 0.1) is 19.8 Å². The Morgan fingerprint density at radius 3 is 2.12 bits per heavy atom. The largest absolute Gasteiger partial charge is 0.497 e. The van der Waals surface area contributed by atoms with Crippen molar-refractivity contribution in [3.05, 3.63) is 59.7 Å². The van der Waals surface area contributed by atoms with Crippen LogP contribution in [-0.4, -0.2) is 32.2 Å². The maximum Gasteiger partial charge on any atom is 0.337 e.